The maximum Gasteiger partial charge on any atom is 0.231 e. The fourth-order valence-electron chi connectivity index (χ4n) is 5.34. The van der Waals surface area contributed by atoms with E-state index in [4.69, 9.17) is 4.74 Å². The van der Waals surface area contributed by atoms with Gasteiger partial charge < -0.3 is 9.64 Å². The lowest BCUT2D eigenvalue weighted by Gasteiger charge is -2.54. The number of hydrogen-bond donors (Lipinski definition) is 0. The van der Waals surface area contributed by atoms with Gasteiger partial charge in [0.05, 0.1) is 11.5 Å². The second-order valence-corrected chi connectivity index (χ2v) is 8.44. The minimum Gasteiger partial charge on any atom is -0.377 e. The molecule has 4 nitrogen and oxygen atoms in total. The quantitative estimate of drug-likeness (QED) is 0.747. The Morgan fingerprint density at radius 3 is 2.61 bits per heavy atom. The molecule has 4 aliphatic rings. The molecule has 1 aliphatic carbocycles. The number of β-lactam (4-membered cyclic amide) rings is 1. The molecule has 0 radical (unpaired) electrons. The molecule has 0 N–H and O–H groups in total. The van der Waals surface area contributed by atoms with Gasteiger partial charge in [-0.3, -0.25) is 9.69 Å². The van der Waals surface area contributed by atoms with Gasteiger partial charge in [-0.1, -0.05) is 19.3 Å². The van der Waals surface area contributed by atoms with Crippen LogP contribution < -0.4 is 0 Å². The molecule has 4 heteroatoms. The molecule has 0 aromatic carbocycles. The van der Waals surface area contributed by atoms with Crippen molar-refractivity contribution in [3.8, 4) is 0 Å². The van der Waals surface area contributed by atoms with Gasteiger partial charge in [0.1, 0.15) is 0 Å². The van der Waals surface area contributed by atoms with Gasteiger partial charge >= 0.3 is 0 Å². The fraction of sp³-hybridized carbons (Fsp3) is 0.947. The first-order chi connectivity index (χ1) is 11.3. The maximum atomic E-state index is 12.9. The summed E-state index contributed by atoms with van der Waals surface area (Å²) in [5.74, 6) is 1.23. The van der Waals surface area contributed by atoms with E-state index in [0.29, 0.717) is 12.0 Å². The summed E-state index contributed by atoms with van der Waals surface area (Å²) in [6.07, 6.45) is 11.9. The van der Waals surface area contributed by atoms with E-state index in [1.807, 2.05) is 0 Å². The van der Waals surface area contributed by atoms with Gasteiger partial charge in [-0.25, -0.2) is 0 Å². The highest BCUT2D eigenvalue weighted by atomic mass is 16.5. The summed E-state index contributed by atoms with van der Waals surface area (Å²) in [6, 6.07) is 0. The number of piperidine rings is 1. The summed E-state index contributed by atoms with van der Waals surface area (Å²) in [5.41, 5.74) is -0.0362. The molecule has 3 saturated heterocycles. The molecule has 3 aliphatic heterocycles. The van der Waals surface area contributed by atoms with Crippen LogP contribution in [0.15, 0.2) is 0 Å². The zero-order valence-corrected chi connectivity index (χ0v) is 14.5. The Hall–Kier alpha value is -0.610. The van der Waals surface area contributed by atoms with Crippen LogP contribution >= 0.6 is 0 Å². The largest absolute Gasteiger partial charge is 0.377 e. The van der Waals surface area contributed by atoms with E-state index in [9.17, 15) is 4.79 Å². The third kappa shape index (κ3) is 3.30. The van der Waals surface area contributed by atoms with E-state index in [-0.39, 0.29) is 5.41 Å². The number of nitrogens with zero attached hydrogens (tertiary/aromatic N) is 2. The van der Waals surface area contributed by atoms with Crippen molar-refractivity contribution in [2.75, 3.05) is 39.3 Å². The normalized spacial score (nSPS) is 36.6. The molecule has 1 spiro atoms. The molecule has 4 rings (SSSR count). The molecule has 0 unspecified atom stereocenters. The molecule has 23 heavy (non-hydrogen) atoms. The van der Waals surface area contributed by atoms with Crippen LogP contribution in [-0.4, -0.2) is 61.1 Å². The maximum absolute atomic E-state index is 12.9. The zero-order chi connectivity index (χ0) is 15.7. The number of carbonyl (C=O) groups excluding carboxylic acids is 1. The number of likely N-dealkylation sites (tertiary alicyclic amines) is 2. The Morgan fingerprint density at radius 2 is 1.87 bits per heavy atom. The van der Waals surface area contributed by atoms with E-state index < -0.39 is 0 Å². The second-order valence-electron chi connectivity index (χ2n) is 8.44. The van der Waals surface area contributed by atoms with Crippen molar-refractivity contribution in [2.45, 2.75) is 63.9 Å². The van der Waals surface area contributed by atoms with E-state index >= 15 is 0 Å². The van der Waals surface area contributed by atoms with Crippen LogP contribution in [0.1, 0.15) is 57.8 Å². The van der Waals surface area contributed by atoms with Gasteiger partial charge in [0.15, 0.2) is 0 Å². The van der Waals surface area contributed by atoms with Crippen molar-refractivity contribution in [1.29, 1.82) is 0 Å². The smallest absolute Gasteiger partial charge is 0.231 e. The van der Waals surface area contributed by atoms with E-state index in [1.165, 1.54) is 51.4 Å². The Morgan fingerprint density at radius 1 is 1.00 bits per heavy atom. The minimum atomic E-state index is -0.0362. The zero-order valence-electron chi connectivity index (χ0n) is 14.5. The van der Waals surface area contributed by atoms with Gasteiger partial charge in [-0.15, -0.1) is 0 Å². The molecule has 0 bridgehead atoms. The highest BCUT2D eigenvalue weighted by molar-refractivity contribution is 5.89. The van der Waals surface area contributed by atoms with Crippen LogP contribution in [-0.2, 0) is 9.53 Å². The Bertz CT molecular complexity index is 429. The first-order valence-corrected chi connectivity index (χ1v) is 9.89. The van der Waals surface area contributed by atoms with Gasteiger partial charge in [-0.2, -0.15) is 0 Å². The molecule has 2 atom stereocenters. The van der Waals surface area contributed by atoms with Crippen molar-refractivity contribution in [3.63, 3.8) is 0 Å². The van der Waals surface area contributed by atoms with Crippen molar-refractivity contribution < 1.29 is 9.53 Å². The molecule has 0 aromatic rings. The third-order valence-electron chi connectivity index (χ3n) is 6.58. The monoisotopic (exact) mass is 320 g/mol. The van der Waals surface area contributed by atoms with Crippen LogP contribution in [0.3, 0.4) is 0 Å². The highest BCUT2D eigenvalue weighted by Crippen LogP contribution is 2.41. The summed E-state index contributed by atoms with van der Waals surface area (Å²) in [5, 5.41) is 0. The van der Waals surface area contributed by atoms with Gasteiger partial charge in [-0.05, 0) is 51.0 Å². The van der Waals surface area contributed by atoms with Gasteiger partial charge in [0.25, 0.3) is 0 Å². The van der Waals surface area contributed by atoms with E-state index in [2.05, 4.69) is 9.80 Å². The van der Waals surface area contributed by atoms with Crippen molar-refractivity contribution in [3.05, 3.63) is 0 Å². The Labute approximate surface area is 140 Å². The molecular formula is C19H32N2O2. The van der Waals surface area contributed by atoms with Crippen LogP contribution in [0.5, 0.6) is 0 Å². The summed E-state index contributed by atoms with van der Waals surface area (Å²) in [6.45, 7) is 6.15. The molecule has 4 fully saturated rings. The summed E-state index contributed by atoms with van der Waals surface area (Å²) in [7, 11) is 0. The minimum absolute atomic E-state index is 0.0362. The average molecular weight is 320 g/mol. The lowest BCUT2D eigenvalue weighted by atomic mass is 9.71. The Kier molecular flexibility index (Phi) is 4.64. The van der Waals surface area contributed by atoms with E-state index in [0.717, 1.165) is 51.7 Å². The van der Waals surface area contributed by atoms with Crippen LogP contribution in [0.4, 0.5) is 0 Å². The molecule has 3 heterocycles. The second kappa shape index (κ2) is 6.72. The predicted octanol–water partition coefficient (Wildman–Crippen LogP) is 2.67. The molecular weight excluding hydrogens is 288 g/mol. The average Bonchev–Trinajstić information content (AvgIpc) is 3.08. The number of ether oxygens (including phenoxy) is 1. The highest BCUT2D eigenvalue weighted by Gasteiger charge is 2.53. The predicted molar refractivity (Wildman–Crippen MR) is 90.2 cm³/mol. The van der Waals surface area contributed by atoms with E-state index in [1.54, 1.807) is 0 Å². The summed E-state index contributed by atoms with van der Waals surface area (Å²) >= 11 is 0. The first kappa shape index (κ1) is 15.9. The van der Waals surface area contributed by atoms with Crippen molar-refractivity contribution in [2.24, 2.45) is 11.3 Å². The lowest BCUT2D eigenvalue weighted by molar-refractivity contribution is -0.168. The number of hydrogen-bond acceptors (Lipinski definition) is 3. The number of carbonyl (C=O) groups is 1. The lowest BCUT2D eigenvalue weighted by Crippen LogP contribution is -2.67. The molecule has 130 valence electrons. The fourth-order valence-corrected chi connectivity index (χ4v) is 5.34. The standard InChI is InChI=1S/C19H32N2O2/c22-18-19(15-21(18)12-16-6-2-1-3-7-16)9-5-10-20(14-19)13-17-8-4-11-23-17/h16-17H,1-15H2/t17-,19+/m1/s1. The van der Waals surface area contributed by atoms with Crippen LogP contribution in [0.25, 0.3) is 0 Å². The summed E-state index contributed by atoms with van der Waals surface area (Å²) < 4.78 is 5.79. The van der Waals surface area contributed by atoms with Gasteiger partial charge in [0, 0.05) is 32.8 Å². The Balaban J connectivity index is 1.29. The van der Waals surface area contributed by atoms with Gasteiger partial charge in [0.2, 0.25) is 5.91 Å². The summed E-state index contributed by atoms with van der Waals surface area (Å²) in [4.78, 5) is 17.5. The third-order valence-corrected chi connectivity index (χ3v) is 6.58. The molecule has 1 saturated carbocycles. The molecule has 1 amide bonds. The number of rotatable bonds is 4. The van der Waals surface area contributed by atoms with Crippen LogP contribution in [0.2, 0.25) is 0 Å². The van der Waals surface area contributed by atoms with Crippen LogP contribution in [0, 0.1) is 11.3 Å². The van der Waals surface area contributed by atoms with Crippen molar-refractivity contribution >= 4 is 5.91 Å². The number of amides is 1. The SMILES string of the molecule is O=C1N(CC2CCCCC2)C[C@@]12CCCN(C[C@H]1CCCO1)C2. The van der Waals surface area contributed by atoms with Crippen molar-refractivity contribution in [1.82, 2.24) is 9.80 Å². The first-order valence-electron chi connectivity index (χ1n) is 9.89. The topological polar surface area (TPSA) is 32.8 Å². The molecule has 0 aromatic heterocycles.